The summed E-state index contributed by atoms with van der Waals surface area (Å²) in [6.07, 6.45) is 9.34. The van der Waals surface area contributed by atoms with Crippen LogP contribution in [0.25, 0.3) is 0 Å². The zero-order valence-electron chi connectivity index (χ0n) is 20.8. The van der Waals surface area contributed by atoms with Gasteiger partial charge >= 0.3 is 0 Å². The predicted molar refractivity (Wildman–Crippen MR) is 125 cm³/mol. The van der Waals surface area contributed by atoms with Crippen LogP contribution in [0.3, 0.4) is 0 Å². The molecule has 1 spiro atoms. The number of aliphatic hydroxyl groups excluding tert-OH is 1. The van der Waals surface area contributed by atoms with Gasteiger partial charge in [0, 0.05) is 22.8 Å². The summed E-state index contributed by atoms with van der Waals surface area (Å²) in [5.41, 5.74) is -0.283. The van der Waals surface area contributed by atoms with Crippen LogP contribution in [0.1, 0.15) is 86.5 Å². The minimum absolute atomic E-state index is 0.0114. The van der Waals surface area contributed by atoms with Crippen molar-refractivity contribution in [2.24, 2.45) is 34.5 Å². The lowest BCUT2D eigenvalue weighted by atomic mass is 9.49. The normalized spacial score (nSPS) is 49.5. The number of carbonyl (C=O) groups is 1. The van der Waals surface area contributed by atoms with Gasteiger partial charge in [0.2, 0.25) is 0 Å². The minimum atomic E-state index is -1.06. The standard InChI is InChI=1S/C28H42O4/c1-16(2)17(3)7-8-18(4)20-11-14-27(31)22-21(10-13-25(20,27)5)26(6)12-9-19(29)15-28(26)24(32-28)23(22)30/h7-8,16-20,24,29,31H,9-15H2,1-6H3/t17-,18-,19-,20+,24+,25+,26-,27+,28+/m0/s1. The summed E-state index contributed by atoms with van der Waals surface area (Å²) >= 11 is 0. The van der Waals surface area contributed by atoms with Gasteiger partial charge < -0.3 is 14.9 Å². The predicted octanol–water partition coefficient (Wildman–Crippen LogP) is 4.98. The molecule has 5 aliphatic rings. The number of rotatable bonds is 4. The summed E-state index contributed by atoms with van der Waals surface area (Å²) in [5.74, 6) is 1.89. The minimum Gasteiger partial charge on any atom is -0.393 e. The van der Waals surface area contributed by atoms with Crippen molar-refractivity contribution < 1.29 is 19.7 Å². The highest BCUT2D eigenvalue weighted by atomic mass is 16.6. The molecule has 1 saturated heterocycles. The smallest absolute Gasteiger partial charge is 0.193 e. The Labute approximate surface area is 193 Å². The van der Waals surface area contributed by atoms with Crippen LogP contribution < -0.4 is 0 Å². The second-order valence-electron chi connectivity index (χ2n) is 12.6. The Balaban J connectivity index is 1.51. The molecule has 5 rings (SSSR count). The van der Waals surface area contributed by atoms with Crippen LogP contribution in [-0.2, 0) is 9.53 Å². The highest BCUT2D eigenvalue weighted by Gasteiger charge is 2.78. The lowest BCUT2D eigenvalue weighted by molar-refractivity contribution is -0.125. The van der Waals surface area contributed by atoms with Crippen LogP contribution in [-0.4, -0.2) is 39.4 Å². The van der Waals surface area contributed by atoms with Crippen molar-refractivity contribution in [1.82, 2.24) is 0 Å². The van der Waals surface area contributed by atoms with E-state index >= 15 is 0 Å². The Bertz CT molecular complexity index is 888. The fraction of sp³-hybridized carbons (Fsp3) is 0.821. The average molecular weight is 443 g/mol. The fourth-order valence-corrected chi connectivity index (χ4v) is 8.19. The molecule has 4 heteroatoms. The number of fused-ring (bicyclic) bond motifs is 3. The van der Waals surface area contributed by atoms with E-state index in [1.807, 2.05) is 0 Å². The molecule has 3 fully saturated rings. The van der Waals surface area contributed by atoms with Crippen LogP contribution in [0, 0.1) is 34.5 Å². The van der Waals surface area contributed by atoms with E-state index in [9.17, 15) is 15.0 Å². The summed E-state index contributed by atoms with van der Waals surface area (Å²) < 4.78 is 6.16. The number of hydrogen-bond acceptors (Lipinski definition) is 4. The van der Waals surface area contributed by atoms with Crippen LogP contribution >= 0.6 is 0 Å². The van der Waals surface area contributed by atoms with Gasteiger partial charge in [-0.2, -0.15) is 0 Å². The first kappa shape index (κ1) is 22.8. The quantitative estimate of drug-likeness (QED) is 0.476. The van der Waals surface area contributed by atoms with E-state index in [2.05, 4.69) is 53.7 Å². The van der Waals surface area contributed by atoms with Gasteiger partial charge in [0.1, 0.15) is 5.60 Å². The van der Waals surface area contributed by atoms with Gasteiger partial charge in [-0.3, -0.25) is 4.79 Å². The molecule has 0 aromatic carbocycles. The molecule has 0 bridgehead atoms. The van der Waals surface area contributed by atoms with Gasteiger partial charge in [-0.25, -0.2) is 0 Å². The third-order valence-corrected chi connectivity index (χ3v) is 10.9. The van der Waals surface area contributed by atoms with Crippen LogP contribution in [0.5, 0.6) is 0 Å². The molecule has 178 valence electrons. The zero-order valence-corrected chi connectivity index (χ0v) is 20.8. The van der Waals surface area contributed by atoms with E-state index in [1.165, 1.54) is 0 Å². The van der Waals surface area contributed by atoms with Gasteiger partial charge in [0.15, 0.2) is 11.9 Å². The zero-order chi connectivity index (χ0) is 23.3. The number of allylic oxidation sites excluding steroid dienone is 2. The molecule has 1 heterocycles. The highest BCUT2D eigenvalue weighted by molar-refractivity contribution is 6.06. The molecular weight excluding hydrogens is 400 g/mol. The lowest BCUT2D eigenvalue weighted by Crippen LogP contribution is -2.59. The maximum atomic E-state index is 13.7. The monoisotopic (exact) mass is 442 g/mol. The molecule has 2 N–H and O–H groups in total. The van der Waals surface area contributed by atoms with Crippen molar-refractivity contribution in [1.29, 1.82) is 0 Å². The number of Topliss-reactive ketones (excluding diaryl/α,β-unsaturated/α-hetero) is 1. The van der Waals surface area contributed by atoms with E-state index in [0.717, 1.165) is 37.7 Å². The van der Waals surface area contributed by atoms with Crippen LogP contribution in [0.2, 0.25) is 0 Å². The molecule has 4 aliphatic carbocycles. The first-order chi connectivity index (χ1) is 14.9. The summed E-state index contributed by atoms with van der Waals surface area (Å²) in [4.78, 5) is 13.7. The Morgan fingerprint density at radius 2 is 1.78 bits per heavy atom. The van der Waals surface area contributed by atoms with E-state index in [-0.39, 0.29) is 16.6 Å². The van der Waals surface area contributed by atoms with Crippen LogP contribution in [0.4, 0.5) is 0 Å². The van der Waals surface area contributed by atoms with E-state index in [0.29, 0.717) is 42.1 Å². The SMILES string of the molecule is CC(C)[C@@H](C)C=C[C@H](C)[C@H]1CC[C@@]2(O)C3=C(CC[C@]12C)[C@]1(C)CC[C@H](O)C[C@]12O[C@@H]2C3=O. The van der Waals surface area contributed by atoms with E-state index in [4.69, 9.17) is 4.74 Å². The van der Waals surface area contributed by atoms with Gasteiger partial charge in [-0.05, 0) is 62.2 Å². The van der Waals surface area contributed by atoms with Crippen molar-refractivity contribution in [3.8, 4) is 0 Å². The molecule has 9 atom stereocenters. The molecule has 32 heavy (non-hydrogen) atoms. The Hall–Kier alpha value is -0.970. The molecule has 0 aromatic rings. The fourth-order valence-electron chi connectivity index (χ4n) is 8.19. The maximum absolute atomic E-state index is 13.7. The van der Waals surface area contributed by atoms with Gasteiger partial charge in [-0.1, -0.05) is 59.3 Å². The summed E-state index contributed by atoms with van der Waals surface area (Å²) in [6.45, 7) is 13.5. The second-order valence-corrected chi connectivity index (χ2v) is 12.6. The number of aliphatic hydroxyl groups is 2. The molecule has 2 saturated carbocycles. The summed E-state index contributed by atoms with van der Waals surface area (Å²) in [7, 11) is 0. The molecule has 0 unspecified atom stereocenters. The number of hydrogen-bond donors (Lipinski definition) is 2. The molecule has 4 nitrogen and oxygen atoms in total. The third-order valence-electron chi connectivity index (χ3n) is 10.9. The van der Waals surface area contributed by atoms with Crippen molar-refractivity contribution in [2.45, 2.75) is 110 Å². The third kappa shape index (κ3) is 2.69. The first-order valence-corrected chi connectivity index (χ1v) is 13.0. The van der Waals surface area contributed by atoms with Crippen molar-refractivity contribution in [3.05, 3.63) is 23.3 Å². The van der Waals surface area contributed by atoms with Gasteiger partial charge in [0.05, 0.1) is 11.7 Å². The highest BCUT2D eigenvalue weighted by Crippen LogP contribution is 2.72. The number of epoxide rings is 1. The first-order valence-electron chi connectivity index (χ1n) is 13.0. The molecule has 0 radical (unpaired) electrons. The van der Waals surface area contributed by atoms with Gasteiger partial charge in [0.25, 0.3) is 0 Å². The van der Waals surface area contributed by atoms with Crippen molar-refractivity contribution in [2.75, 3.05) is 0 Å². The van der Waals surface area contributed by atoms with Crippen molar-refractivity contribution in [3.63, 3.8) is 0 Å². The molecular formula is C28H42O4. The van der Waals surface area contributed by atoms with Crippen molar-refractivity contribution >= 4 is 5.78 Å². The second kappa shape index (κ2) is 7.02. The molecule has 0 amide bonds. The van der Waals surface area contributed by atoms with E-state index in [1.54, 1.807) is 0 Å². The Kier molecular flexibility index (Phi) is 5.00. The lowest BCUT2D eigenvalue weighted by Gasteiger charge is -2.55. The number of carbonyl (C=O) groups excluding carboxylic acids is 1. The Morgan fingerprint density at radius 3 is 2.47 bits per heavy atom. The number of ketones is 1. The average Bonchev–Trinajstić information content (AvgIpc) is 3.38. The number of ether oxygens (including phenoxy) is 1. The topological polar surface area (TPSA) is 70.1 Å². The largest absolute Gasteiger partial charge is 0.393 e. The Morgan fingerprint density at radius 1 is 1.06 bits per heavy atom. The summed E-state index contributed by atoms with van der Waals surface area (Å²) in [6, 6.07) is 0. The summed E-state index contributed by atoms with van der Waals surface area (Å²) in [5, 5.41) is 22.6. The molecule has 0 aromatic heterocycles. The van der Waals surface area contributed by atoms with Gasteiger partial charge in [-0.15, -0.1) is 0 Å². The molecule has 1 aliphatic heterocycles. The maximum Gasteiger partial charge on any atom is 0.193 e. The van der Waals surface area contributed by atoms with Crippen LogP contribution in [0.15, 0.2) is 23.3 Å². The van der Waals surface area contributed by atoms with E-state index < -0.39 is 23.4 Å².